The van der Waals surface area contributed by atoms with Gasteiger partial charge in [0, 0.05) is 25.2 Å². The monoisotopic (exact) mass is 225 g/mol. The Balaban J connectivity index is 1.56. The fourth-order valence-corrected chi connectivity index (χ4v) is 3.08. The molecule has 1 saturated carbocycles. The van der Waals surface area contributed by atoms with Crippen molar-refractivity contribution < 1.29 is 9.47 Å². The van der Waals surface area contributed by atoms with Crippen LogP contribution in [0.5, 0.6) is 0 Å². The molecule has 0 aromatic rings. The highest BCUT2D eigenvalue weighted by Gasteiger charge is 2.43. The lowest BCUT2D eigenvalue weighted by atomic mass is 9.73. The van der Waals surface area contributed by atoms with Crippen LogP contribution < -0.4 is 5.32 Å². The average molecular weight is 225 g/mol. The predicted octanol–water partition coefficient (Wildman–Crippen LogP) is 1.57. The van der Waals surface area contributed by atoms with Crippen molar-refractivity contribution in [2.45, 2.75) is 38.2 Å². The number of hydrogen-bond donors (Lipinski definition) is 1. The molecule has 1 aliphatic carbocycles. The van der Waals surface area contributed by atoms with Gasteiger partial charge in [-0.05, 0) is 44.6 Å². The SMILES string of the molecule is C1CO[C@H]2CCNC[C@@]2(COCC2CC2)C1. The largest absolute Gasteiger partial charge is 0.380 e. The summed E-state index contributed by atoms with van der Waals surface area (Å²) >= 11 is 0. The third kappa shape index (κ3) is 2.27. The normalized spacial score (nSPS) is 39.4. The molecule has 0 spiro atoms. The minimum Gasteiger partial charge on any atom is -0.380 e. The van der Waals surface area contributed by atoms with Gasteiger partial charge in [-0.3, -0.25) is 0 Å². The predicted molar refractivity (Wildman–Crippen MR) is 62.4 cm³/mol. The molecule has 0 unspecified atom stereocenters. The van der Waals surface area contributed by atoms with E-state index in [4.69, 9.17) is 9.47 Å². The molecule has 0 radical (unpaired) electrons. The molecule has 3 heteroatoms. The van der Waals surface area contributed by atoms with Gasteiger partial charge in [-0.15, -0.1) is 0 Å². The van der Waals surface area contributed by atoms with Gasteiger partial charge >= 0.3 is 0 Å². The molecule has 3 nitrogen and oxygen atoms in total. The van der Waals surface area contributed by atoms with E-state index in [0.29, 0.717) is 6.10 Å². The van der Waals surface area contributed by atoms with Gasteiger partial charge in [0.1, 0.15) is 0 Å². The Labute approximate surface area is 97.9 Å². The van der Waals surface area contributed by atoms with Crippen LogP contribution in [-0.2, 0) is 9.47 Å². The Hall–Kier alpha value is -0.120. The second-order valence-corrected chi connectivity index (χ2v) is 5.75. The van der Waals surface area contributed by atoms with E-state index < -0.39 is 0 Å². The first-order valence-electron chi connectivity index (χ1n) is 6.79. The smallest absolute Gasteiger partial charge is 0.0677 e. The molecule has 2 aliphatic heterocycles. The van der Waals surface area contributed by atoms with Crippen molar-refractivity contribution in [1.82, 2.24) is 5.32 Å². The molecule has 16 heavy (non-hydrogen) atoms. The van der Waals surface area contributed by atoms with Gasteiger partial charge in [-0.25, -0.2) is 0 Å². The lowest BCUT2D eigenvalue weighted by Crippen LogP contribution is -2.55. The minimum atomic E-state index is 0.283. The Morgan fingerprint density at radius 3 is 3.12 bits per heavy atom. The van der Waals surface area contributed by atoms with E-state index in [1.807, 2.05) is 0 Å². The van der Waals surface area contributed by atoms with Crippen LogP contribution in [0.3, 0.4) is 0 Å². The molecule has 0 aromatic carbocycles. The molecular weight excluding hydrogens is 202 g/mol. The van der Waals surface area contributed by atoms with Crippen molar-refractivity contribution in [3.8, 4) is 0 Å². The zero-order valence-electron chi connectivity index (χ0n) is 10.0. The maximum atomic E-state index is 5.94. The third-order valence-electron chi connectivity index (χ3n) is 4.32. The molecule has 3 aliphatic rings. The zero-order valence-corrected chi connectivity index (χ0v) is 10.0. The van der Waals surface area contributed by atoms with E-state index in [1.54, 1.807) is 0 Å². The molecule has 0 aromatic heterocycles. The van der Waals surface area contributed by atoms with Crippen LogP contribution >= 0.6 is 0 Å². The second-order valence-electron chi connectivity index (χ2n) is 5.75. The summed E-state index contributed by atoms with van der Waals surface area (Å²) < 4.78 is 11.9. The lowest BCUT2D eigenvalue weighted by Gasteiger charge is -2.47. The van der Waals surface area contributed by atoms with Crippen molar-refractivity contribution in [3.05, 3.63) is 0 Å². The van der Waals surface area contributed by atoms with Crippen LogP contribution in [0.4, 0.5) is 0 Å². The van der Waals surface area contributed by atoms with E-state index in [-0.39, 0.29) is 5.41 Å². The summed E-state index contributed by atoms with van der Waals surface area (Å²) in [6, 6.07) is 0. The number of piperidine rings is 1. The van der Waals surface area contributed by atoms with Gasteiger partial charge in [0.2, 0.25) is 0 Å². The molecule has 2 atom stereocenters. The van der Waals surface area contributed by atoms with Crippen LogP contribution in [-0.4, -0.2) is 39.0 Å². The summed E-state index contributed by atoms with van der Waals surface area (Å²) in [7, 11) is 0. The highest BCUT2D eigenvalue weighted by Crippen LogP contribution is 2.38. The fraction of sp³-hybridized carbons (Fsp3) is 1.00. The quantitative estimate of drug-likeness (QED) is 0.788. The molecule has 3 rings (SSSR count). The first-order valence-corrected chi connectivity index (χ1v) is 6.79. The number of hydrogen-bond acceptors (Lipinski definition) is 3. The van der Waals surface area contributed by atoms with Crippen LogP contribution in [0.25, 0.3) is 0 Å². The first-order chi connectivity index (χ1) is 7.89. The molecule has 2 heterocycles. The van der Waals surface area contributed by atoms with Gasteiger partial charge in [-0.1, -0.05) is 0 Å². The molecule has 0 amide bonds. The summed E-state index contributed by atoms with van der Waals surface area (Å²) in [6.45, 7) is 5.03. The molecule has 0 bridgehead atoms. The van der Waals surface area contributed by atoms with Gasteiger partial charge in [0.05, 0.1) is 12.7 Å². The standard InChI is InChI=1S/C13H23NO2/c1-5-13(10-15-8-11-2-3-11)9-14-6-4-12(13)16-7-1/h11-12,14H,1-10H2/t12-,13+/m0/s1. The van der Waals surface area contributed by atoms with Crippen LogP contribution in [0.1, 0.15) is 32.1 Å². The molecule has 2 saturated heterocycles. The topological polar surface area (TPSA) is 30.5 Å². The van der Waals surface area contributed by atoms with Crippen LogP contribution in [0.2, 0.25) is 0 Å². The Morgan fingerprint density at radius 1 is 1.31 bits per heavy atom. The van der Waals surface area contributed by atoms with Gasteiger partial charge in [0.25, 0.3) is 0 Å². The highest BCUT2D eigenvalue weighted by atomic mass is 16.5. The number of nitrogens with one attached hydrogen (secondary N) is 1. The van der Waals surface area contributed by atoms with Crippen LogP contribution in [0, 0.1) is 11.3 Å². The number of rotatable bonds is 4. The molecule has 3 fully saturated rings. The minimum absolute atomic E-state index is 0.283. The Kier molecular flexibility index (Phi) is 3.18. The summed E-state index contributed by atoms with van der Waals surface area (Å²) in [5.74, 6) is 0.871. The van der Waals surface area contributed by atoms with Crippen molar-refractivity contribution in [2.75, 3.05) is 32.9 Å². The lowest BCUT2D eigenvalue weighted by molar-refractivity contribution is -0.131. The van der Waals surface area contributed by atoms with Gasteiger partial charge < -0.3 is 14.8 Å². The summed E-state index contributed by atoms with van der Waals surface area (Å²) in [5.41, 5.74) is 0.283. The number of fused-ring (bicyclic) bond motifs is 1. The summed E-state index contributed by atoms with van der Waals surface area (Å²) in [4.78, 5) is 0. The van der Waals surface area contributed by atoms with Crippen molar-refractivity contribution >= 4 is 0 Å². The Morgan fingerprint density at radius 2 is 2.25 bits per heavy atom. The fourth-order valence-electron chi connectivity index (χ4n) is 3.08. The number of ether oxygens (including phenoxy) is 2. The average Bonchev–Trinajstić information content (AvgIpc) is 3.13. The van der Waals surface area contributed by atoms with Crippen molar-refractivity contribution in [1.29, 1.82) is 0 Å². The van der Waals surface area contributed by atoms with Crippen molar-refractivity contribution in [3.63, 3.8) is 0 Å². The maximum absolute atomic E-state index is 5.94. The molecule has 92 valence electrons. The molecule has 1 N–H and O–H groups in total. The third-order valence-corrected chi connectivity index (χ3v) is 4.32. The maximum Gasteiger partial charge on any atom is 0.0677 e. The second kappa shape index (κ2) is 4.63. The first kappa shape index (κ1) is 11.0. The Bertz CT molecular complexity index is 228. The van der Waals surface area contributed by atoms with E-state index >= 15 is 0 Å². The van der Waals surface area contributed by atoms with E-state index in [0.717, 1.165) is 45.2 Å². The summed E-state index contributed by atoms with van der Waals surface area (Å²) in [5, 5.41) is 3.52. The van der Waals surface area contributed by atoms with Crippen molar-refractivity contribution in [2.24, 2.45) is 11.3 Å². The summed E-state index contributed by atoms with van der Waals surface area (Å²) in [6.07, 6.45) is 6.84. The van der Waals surface area contributed by atoms with E-state index in [9.17, 15) is 0 Å². The van der Waals surface area contributed by atoms with Crippen LogP contribution in [0.15, 0.2) is 0 Å². The van der Waals surface area contributed by atoms with E-state index in [2.05, 4.69) is 5.32 Å². The van der Waals surface area contributed by atoms with E-state index in [1.165, 1.54) is 25.7 Å². The van der Waals surface area contributed by atoms with Gasteiger partial charge in [-0.2, -0.15) is 0 Å². The molecular formula is C13H23NO2. The van der Waals surface area contributed by atoms with Gasteiger partial charge in [0.15, 0.2) is 0 Å². The zero-order chi connectivity index (χ0) is 10.8. The highest BCUT2D eigenvalue weighted by molar-refractivity contribution is 4.95.